The molecular weight excluding hydrogens is 168 g/mol. The monoisotopic (exact) mass is 190 g/mol. The van der Waals surface area contributed by atoms with E-state index in [0.29, 0.717) is 0 Å². The van der Waals surface area contributed by atoms with E-state index in [1.165, 1.54) is 11.1 Å². The smallest absolute Gasteiger partial charge is 0.0227 e. The summed E-state index contributed by atoms with van der Waals surface area (Å²) in [5.74, 6) is 0. The molecule has 0 unspecified atom stereocenters. The Labute approximate surface area is 89.0 Å². The van der Waals surface area contributed by atoms with E-state index < -0.39 is 0 Å². The van der Waals surface area contributed by atoms with Crippen LogP contribution in [0.5, 0.6) is 0 Å². The zero-order valence-electron chi connectivity index (χ0n) is 8.75. The van der Waals surface area contributed by atoms with Crippen molar-refractivity contribution in [3.63, 3.8) is 0 Å². The number of benzene rings is 1. The summed E-state index contributed by atoms with van der Waals surface area (Å²) >= 11 is 0. The minimum atomic E-state index is 0. The van der Waals surface area contributed by atoms with Crippen molar-refractivity contribution in [1.29, 1.82) is 0 Å². The molecule has 14 heavy (non-hydrogen) atoms. The van der Waals surface area contributed by atoms with Gasteiger partial charge in [0.1, 0.15) is 0 Å². The van der Waals surface area contributed by atoms with Gasteiger partial charge < -0.3 is 0 Å². The van der Waals surface area contributed by atoms with E-state index in [4.69, 9.17) is 0 Å². The van der Waals surface area contributed by atoms with Gasteiger partial charge in [-0.15, -0.1) is 0 Å². The highest BCUT2D eigenvalue weighted by atomic mass is 13.9. The predicted octanol–water partition coefficient (Wildman–Crippen LogP) is 4.94. The lowest BCUT2D eigenvalue weighted by Gasteiger charge is -1.97. The molecular formula is C14H22. The minimum Gasteiger partial charge on any atom is -0.0991 e. The van der Waals surface area contributed by atoms with E-state index in [9.17, 15) is 0 Å². The molecule has 0 atom stereocenters. The maximum absolute atomic E-state index is 3.65. The molecule has 0 radical (unpaired) electrons. The molecule has 78 valence electrons. The fraction of sp³-hybridized carbons (Fsp3) is 0.286. The molecule has 0 aliphatic carbocycles. The SMILES string of the molecule is C.C=C/C=C(/C)c1ccccc1.CC. The summed E-state index contributed by atoms with van der Waals surface area (Å²) < 4.78 is 0. The molecule has 0 bridgehead atoms. The van der Waals surface area contributed by atoms with E-state index in [0.717, 1.165) is 0 Å². The van der Waals surface area contributed by atoms with Crippen molar-refractivity contribution in [3.8, 4) is 0 Å². The van der Waals surface area contributed by atoms with Gasteiger partial charge in [-0.05, 0) is 18.1 Å². The first-order valence-corrected chi connectivity index (χ1v) is 4.69. The summed E-state index contributed by atoms with van der Waals surface area (Å²) in [6.07, 6.45) is 3.82. The van der Waals surface area contributed by atoms with Crippen LogP contribution in [0.25, 0.3) is 5.57 Å². The lowest BCUT2D eigenvalue weighted by molar-refractivity contribution is 1.50. The summed E-state index contributed by atoms with van der Waals surface area (Å²) in [6, 6.07) is 10.3. The molecule has 0 aromatic heterocycles. The zero-order valence-corrected chi connectivity index (χ0v) is 8.75. The Hall–Kier alpha value is -1.30. The first-order chi connectivity index (χ1) is 6.34. The molecule has 0 amide bonds. The molecule has 0 fully saturated rings. The van der Waals surface area contributed by atoms with Gasteiger partial charge in [-0.25, -0.2) is 0 Å². The average molecular weight is 190 g/mol. The van der Waals surface area contributed by atoms with Crippen LogP contribution in [0.4, 0.5) is 0 Å². The van der Waals surface area contributed by atoms with E-state index in [1.54, 1.807) is 0 Å². The second kappa shape index (κ2) is 9.79. The standard InChI is InChI=1S/C11H12.C2H6.CH4/c1-3-7-10(2)11-8-5-4-6-9-11;1-2;/h3-9H,1H2,2H3;1-2H3;1H4/b10-7-;;. The van der Waals surface area contributed by atoms with E-state index in [1.807, 2.05) is 44.2 Å². The molecule has 0 spiro atoms. The molecule has 0 aliphatic rings. The Morgan fingerprint density at radius 1 is 1.14 bits per heavy atom. The van der Waals surface area contributed by atoms with Crippen LogP contribution in [0.3, 0.4) is 0 Å². The fourth-order valence-corrected chi connectivity index (χ4v) is 0.974. The van der Waals surface area contributed by atoms with Crippen LogP contribution in [0, 0.1) is 0 Å². The van der Waals surface area contributed by atoms with Crippen molar-refractivity contribution < 1.29 is 0 Å². The van der Waals surface area contributed by atoms with Gasteiger partial charge in [-0.3, -0.25) is 0 Å². The number of rotatable bonds is 2. The van der Waals surface area contributed by atoms with Crippen LogP contribution in [-0.4, -0.2) is 0 Å². The Morgan fingerprint density at radius 3 is 2.07 bits per heavy atom. The van der Waals surface area contributed by atoms with Crippen LogP contribution in [0.1, 0.15) is 33.8 Å². The molecule has 0 heteroatoms. The third-order valence-electron chi connectivity index (χ3n) is 1.60. The van der Waals surface area contributed by atoms with E-state index >= 15 is 0 Å². The number of allylic oxidation sites excluding steroid dienone is 3. The third kappa shape index (κ3) is 5.36. The Morgan fingerprint density at radius 2 is 1.64 bits per heavy atom. The van der Waals surface area contributed by atoms with Gasteiger partial charge >= 0.3 is 0 Å². The molecule has 0 saturated heterocycles. The highest BCUT2D eigenvalue weighted by molar-refractivity contribution is 5.64. The number of hydrogen-bond donors (Lipinski definition) is 0. The summed E-state index contributed by atoms with van der Waals surface area (Å²) in [5.41, 5.74) is 2.51. The predicted molar refractivity (Wildman–Crippen MR) is 68.4 cm³/mol. The molecule has 0 saturated carbocycles. The topological polar surface area (TPSA) is 0 Å². The van der Waals surface area contributed by atoms with Gasteiger partial charge in [0.15, 0.2) is 0 Å². The maximum Gasteiger partial charge on any atom is -0.0227 e. The Kier molecular flexibility index (Phi) is 10.6. The highest BCUT2D eigenvalue weighted by Gasteiger charge is 1.89. The van der Waals surface area contributed by atoms with Gasteiger partial charge in [0.05, 0.1) is 0 Å². The Bertz CT molecular complexity index is 255. The zero-order chi connectivity index (χ0) is 10.1. The van der Waals surface area contributed by atoms with Crippen molar-refractivity contribution in [1.82, 2.24) is 0 Å². The van der Waals surface area contributed by atoms with Gasteiger partial charge in [-0.2, -0.15) is 0 Å². The molecule has 0 N–H and O–H groups in total. The molecule has 1 aromatic rings. The van der Waals surface area contributed by atoms with Gasteiger partial charge in [-0.1, -0.05) is 70.3 Å². The molecule has 0 aliphatic heterocycles. The molecule has 0 heterocycles. The van der Waals surface area contributed by atoms with Crippen LogP contribution in [0.15, 0.2) is 49.1 Å². The van der Waals surface area contributed by atoms with E-state index in [2.05, 4.69) is 25.6 Å². The second-order valence-corrected chi connectivity index (χ2v) is 2.45. The molecule has 1 rings (SSSR count). The maximum atomic E-state index is 3.65. The third-order valence-corrected chi connectivity index (χ3v) is 1.60. The van der Waals surface area contributed by atoms with E-state index in [-0.39, 0.29) is 7.43 Å². The first kappa shape index (κ1) is 15.2. The molecule has 0 nitrogen and oxygen atoms in total. The van der Waals surface area contributed by atoms with Gasteiger partial charge in [0, 0.05) is 0 Å². The highest BCUT2D eigenvalue weighted by Crippen LogP contribution is 2.11. The van der Waals surface area contributed by atoms with Crippen molar-refractivity contribution in [2.45, 2.75) is 28.2 Å². The van der Waals surface area contributed by atoms with Crippen LogP contribution < -0.4 is 0 Å². The number of hydrogen-bond acceptors (Lipinski definition) is 0. The Balaban J connectivity index is 0. The van der Waals surface area contributed by atoms with Gasteiger partial charge in [0.2, 0.25) is 0 Å². The van der Waals surface area contributed by atoms with Crippen molar-refractivity contribution in [2.24, 2.45) is 0 Å². The van der Waals surface area contributed by atoms with Crippen molar-refractivity contribution in [2.75, 3.05) is 0 Å². The summed E-state index contributed by atoms with van der Waals surface area (Å²) in [4.78, 5) is 0. The average Bonchev–Trinajstić information content (AvgIpc) is 2.23. The second-order valence-electron chi connectivity index (χ2n) is 2.45. The summed E-state index contributed by atoms with van der Waals surface area (Å²) in [5, 5.41) is 0. The van der Waals surface area contributed by atoms with Crippen LogP contribution in [-0.2, 0) is 0 Å². The molecule has 1 aromatic carbocycles. The largest absolute Gasteiger partial charge is 0.0991 e. The van der Waals surface area contributed by atoms with Gasteiger partial charge in [0.25, 0.3) is 0 Å². The first-order valence-electron chi connectivity index (χ1n) is 4.69. The minimum absolute atomic E-state index is 0. The lowest BCUT2D eigenvalue weighted by atomic mass is 10.1. The lowest BCUT2D eigenvalue weighted by Crippen LogP contribution is -1.75. The van der Waals surface area contributed by atoms with Crippen molar-refractivity contribution in [3.05, 3.63) is 54.6 Å². The normalized spacial score (nSPS) is 9.21. The summed E-state index contributed by atoms with van der Waals surface area (Å²) in [6.45, 7) is 9.73. The quantitative estimate of drug-likeness (QED) is 0.579. The van der Waals surface area contributed by atoms with Crippen LogP contribution >= 0.6 is 0 Å². The summed E-state index contributed by atoms with van der Waals surface area (Å²) in [7, 11) is 0. The van der Waals surface area contributed by atoms with Crippen molar-refractivity contribution >= 4 is 5.57 Å². The van der Waals surface area contributed by atoms with Crippen LogP contribution in [0.2, 0.25) is 0 Å². The fourth-order valence-electron chi connectivity index (χ4n) is 0.974.